The Morgan fingerprint density at radius 2 is 2.26 bits per heavy atom. The van der Waals surface area contributed by atoms with Gasteiger partial charge in [0, 0.05) is 38.4 Å². The van der Waals surface area contributed by atoms with Crippen LogP contribution in [0, 0.1) is 0 Å². The van der Waals surface area contributed by atoms with Crippen LogP contribution < -0.4 is 11.1 Å². The van der Waals surface area contributed by atoms with E-state index in [2.05, 4.69) is 34.2 Å². The molecule has 2 heterocycles. The molecule has 1 amide bonds. The molecule has 1 aromatic heterocycles. The number of nitrogens with one attached hydrogen (secondary N) is 1. The van der Waals surface area contributed by atoms with Crippen molar-refractivity contribution in [3.63, 3.8) is 0 Å². The van der Waals surface area contributed by atoms with E-state index in [1.807, 2.05) is 0 Å². The molecule has 6 heteroatoms. The topological polar surface area (TPSA) is 74.5 Å². The Balaban J connectivity index is 1.87. The van der Waals surface area contributed by atoms with Crippen molar-refractivity contribution in [2.24, 2.45) is 0 Å². The van der Waals surface area contributed by atoms with Crippen molar-refractivity contribution in [1.82, 2.24) is 20.1 Å². The standard InChI is InChI=1S/C13H21N5O/c1-17-5-6-18(2)11(9-17)8-16-13(19)10-3-4-12(14)15-7-10/h3-4,7,11H,5-6,8-9H2,1-2H3,(H2,14,15)(H,16,19). The molecule has 104 valence electrons. The molecule has 6 nitrogen and oxygen atoms in total. The molecule has 1 aliphatic heterocycles. The van der Waals surface area contributed by atoms with E-state index in [0.29, 0.717) is 24.0 Å². The Hall–Kier alpha value is -1.66. The number of likely N-dealkylation sites (N-methyl/N-ethyl adjacent to an activating group) is 2. The summed E-state index contributed by atoms with van der Waals surface area (Å²) in [7, 11) is 4.19. The van der Waals surface area contributed by atoms with E-state index in [4.69, 9.17) is 5.73 Å². The van der Waals surface area contributed by atoms with Gasteiger partial charge in [-0.25, -0.2) is 4.98 Å². The minimum Gasteiger partial charge on any atom is -0.384 e. The van der Waals surface area contributed by atoms with Gasteiger partial charge in [-0.15, -0.1) is 0 Å². The zero-order valence-electron chi connectivity index (χ0n) is 11.5. The van der Waals surface area contributed by atoms with Gasteiger partial charge in [-0.3, -0.25) is 9.69 Å². The zero-order valence-corrected chi connectivity index (χ0v) is 11.5. The number of hydrogen-bond acceptors (Lipinski definition) is 5. The summed E-state index contributed by atoms with van der Waals surface area (Å²) in [5, 5.41) is 2.95. The Morgan fingerprint density at radius 3 is 2.95 bits per heavy atom. The lowest BCUT2D eigenvalue weighted by Crippen LogP contribution is -2.54. The van der Waals surface area contributed by atoms with Crippen LogP contribution in [0.5, 0.6) is 0 Å². The van der Waals surface area contributed by atoms with Gasteiger partial charge >= 0.3 is 0 Å². The number of amides is 1. The minimum absolute atomic E-state index is 0.103. The molecule has 1 unspecified atom stereocenters. The number of pyridine rings is 1. The largest absolute Gasteiger partial charge is 0.384 e. The van der Waals surface area contributed by atoms with E-state index in [0.717, 1.165) is 19.6 Å². The number of anilines is 1. The Kier molecular flexibility index (Phi) is 4.34. The molecule has 2 rings (SSSR count). The number of piperazine rings is 1. The molecule has 0 aliphatic carbocycles. The van der Waals surface area contributed by atoms with Gasteiger partial charge in [0.1, 0.15) is 5.82 Å². The first-order valence-corrected chi connectivity index (χ1v) is 6.45. The number of hydrogen-bond donors (Lipinski definition) is 2. The number of nitrogen functional groups attached to an aromatic ring is 1. The van der Waals surface area contributed by atoms with Crippen molar-refractivity contribution >= 4 is 11.7 Å². The van der Waals surface area contributed by atoms with Crippen molar-refractivity contribution in [3.8, 4) is 0 Å². The highest BCUT2D eigenvalue weighted by Crippen LogP contribution is 2.06. The third kappa shape index (κ3) is 3.65. The highest BCUT2D eigenvalue weighted by Gasteiger charge is 2.22. The molecule has 1 aliphatic rings. The van der Waals surface area contributed by atoms with E-state index < -0.39 is 0 Å². The van der Waals surface area contributed by atoms with Crippen LogP contribution in [0.15, 0.2) is 18.3 Å². The second-order valence-electron chi connectivity index (χ2n) is 5.08. The minimum atomic E-state index is -0.103. The monoisotopic (exact) mass is 263 g/mol. The van der Waals surface area contributed by atoms with Gasteiger partial charge in [-0.2, -0.15) is 0 Å². The lowest BCUT2D eigenvalue weighted by molar-refractivity contribution is 0.0881. The molecular weight excluding hydrogens is 242 g/mol. The summed E-state index contributed by atoms with van der Waals surface area (Å²) in [6, 6.07) is 3.67. The van der Waals surface area contributed by atoms with Gasteiger partial charge < -0.3 is 16.0 Å². The maximum Gasteiger partial charge on any atom is 0.252 e. The molecule has 0 spiro atoms. The van der Waals surface area contributed by atoms with Crippen LogP contribution in [0.25, 0.3) is 0 Å². The van der Waals surface area contributed by atoms with Gasteiger partial charge in [0.25, 0.3) is 5.91 Å². The van der Waals surface area contributed by atoms with Gasteiger partial charge in [0.15, 0.2) is 0 Å². The van der Waals surface area contributed by atoms with Gasteiger partial charge in [0.05, 0.1) is 5.56 Å². The van der Waals surface area contributed by atoms with Crippen LogP contribution in [-0.4, -0.2) is 67.0 Å². The summed E-state index contributed by atoms with van der Waals surface area (Å²) in [6.45, 7) is 3.71. The van der Waals surface area contributed by atoms with Crippen LogP contribution in [-0.2, 0) is 0 Å². The lowest BCUT2D eigenvalue weighted by Gasteiger charge is -2.37. The Labute approximate surface area is 113 Å². The van der Waals surface area contributed by atoms with Gasteiger partial charge in [-0.05, 0) is 26.2 Å². The lowest BCUT2D eigenvalue weighted by atomic mass is 10.2. The van der Waals surface area contributed by atoms with E-state index in [1.165, 1.54) is 6.20 Å². The number of rotatable bonds is 3. The van der Waals surface area contributed by atoms with Crippen LogP contribution in [0.1, 0.15) is 10.4 Å². The molecule has 1 atom stereocenters. The normalized spacial score (nSPS) is 21.3. The molecule has 1 saturated heterocycles. The predicted molar refractivity (Wildman–Crippen MR) is 74.9 cm³/mol. The highest BCUT2D eigenvalue weighted by atomic mass is 16.1. The SMILES string of the molecule is CN1CCN(C)C(CNC(=O)c2ccc(N)nc2)C1. The summed E-state index contributed by atoms with van der Waals surface area (Å²) in [6.07, 6.45) is 1.50. The van der Waals surface area contributed by atoms with Crippen LogP contribution in [0.4, 0.5) is 5.82 Å². The molecular formula is C13H21N5O. The molecule has 1 aromatic rings. The van der Waals surface area contributed by atoms with Crippen LogP contribution >= 0.6 is 0 Å². The number of carbonyl (C=O) groups excluding carboxylic acids is 1. The summed E-state index contributed by atoms with van der Waals surface area (Å²) >= 11 is 0. The third-order valence-electron chi connectivity index (χ3n) is 3.53. The molecule has 19 heavy (non-hydrogen) atoms. The number of nitrogens with zero attached hydrogens (tertiary/aromatic N) is 3. The summed E-state index contributed by atoms with van der Waals surface area (Å²) in [4.78, 5) is 20.4. The fourth-order valence-corrected chi connectivity index (χ4v) is 2.17. The van der Waals surface area contributed by atoms with Crippen molar-refractivity contribution in [1.29, 1.82) is 0 Å². The molecule has 1 fully saturated rings. The van der Waals surface area contributed by atoms with Crippen LogP contribution in [0.3, 0.4) is 0 Å². The first kappa shape index (κ1) is 13.8. The number of aromatic nitrogens is 1. The van der Waals surface area contributed by atoms with Crippen molar-refractivity contribution in [3.05, 3.63) is 23.9 Å². The average molecular weight is 263 g/mol. The van der Waals surface area contributed by atoms with Crippen molar-refractivity contribution in [2.45, 2.75) is 6.04 Å². The molecule has 0 aromatic carbocycles. The second kappa shape index (κ2) is 5.99. The molecule has 3 N–H and O–H groups in total. The average Bonchev–Trinajstić information content (AvgIpc) is 2.40. The first-order chi connectivity index (χ1) is 9.06. The zero-order chi connectivity index (χ0) is 13.8. The quantitative estimate of drug-likeness (QED) is 0.779. The number of carbonyl (C=O) groups is 1. The fourth-order valence-electron chi connectivity index (χ4n) is 2.17. The van der Waals surface area contributed by atoms with E-state index in [-0.39, 0.29) is 5.91 Å². The Morgan fingerprint density at radius 1 is 1.47 bits per heavy atom. The second-order valence-corrected chi connectivity index (χ2v) is 5.08. The predicted octanol–water partition coefficient (Wildman–Crippen LogP) is -0.361. The maximum atomic E-state index is 12.0. The highest BCUT2D eigenvalue weighted by molar-refractivity contribution is 5.94. The van der Waals surface area contributed by atoms with Crippen molar-refractivity contribution in [2.75, 3.05) is 46.0 Å². The Bertz CT molecular complexity index is 433. The van der Waals surface area contributed by atoms with Gasteiger partial charge in [-0.1, -0.05) is 0 Å². The van der Waals surface area contributed by atoms with Crippen LogP contribution in [0.2, 0.25) is 0 Å². The molecule has 0 radical (unpaired) electrons. The smallest absolute Gasteiger partial charge is 0.252 e. The summed E-state index contributed by atoms with van der Waals surface area (Å²) in [5.41, 5.74) is 6.04. The number of nitrogens with two attached hydrogens (primary N) is 1. The fraction of sp³-hybridized carbons (Fsp3) is 0.538. The molecule has 0 bridgehead atoms. The maximum absolute atomic E-state index is 12.0. The summed E-state index contributed by atoms with van der Waals surface area (Å²) < 4.78 is 0. The van der Waals surface area contributed by atoms with Gasteiger partial charge in [0.2, 0.25) is 0 Å². The summed E-state index contributed by atoms with van der Waals surface area (Å²) in [5.74, 6) is 0.319. The molecule has 0 saturated carbocycles. The van der Waals surface area contributed by atoms with E-state index >= 15 is 0 Å². The first-order valence-electron chi connectivity index (χ1n) is 6.45. The third-order valence-corrected chi connectivity index (χ3v) is 3.53. The van der Waals surface area contributed by atoms with Crippen molar-refractivity contribution < 1.29 is 4.79 Å². The van der Waals surface area contributed by atoms with E-state index in [1.54, 1.807) is 12.1 Å². The van der Waals surface area contributed by atoms with E-state index in [9.17, 15) is 4.79 Å².